The van der Waals surface area contributed by atoms with Crippen LogP contribution in [0.3, 0.4) is 0 Å². The van der Waals surface area contributed by atoms with Gasteiger partial charge in [0, 0.05) is 41.3 Å². The summed E-state index contributed by atoms with van der Waals surface area (Å²) in [6, 6.07) is 25.4. The molecule has 0 aliphatic carbocycles. The van der Waals surface area contributed by atoms with E-state index in [4.69, 9.17) is 25.8 Å². The molecule has 0 bridgehead atoms. The Morgan fingerprint density at radius 1 is 0.955 bits per heavy atom. The van der Waals surface area contributed by atoms with Gasteiger partial charge in [-0.1, -0.05) is 41.9 Å². The molecule has 9 nitrogen and oxygen atoms in total. The van der Waals surface area contributed by atoms with Crippen LogP contribution in [0.4, 0.5) is 5.69 Å². The molecule has 4 aromatic carbocycles. The number of hydrogen-bond acceptors (Lipinski definition) is 7. The van der Waals surface area contributed by atoms with Gasteiger partial charge in [-0.2, -0.15) is 5.10 Å². The lowest BCUT2D eigenvalue weighted by Crippen LogP contribution is -2.18. The minimum Gasteiger partial charge on any atom is -0.496 e. The zero-order chi connectivity index (χ0) is 31.2. The first-order valence-corrected chi connectivity index (χ1v) is 14.2. The number of anilines is 1. The molecular weight excluding hydrogens is 580 g/mol. The fourth-order valence-electron chi connectivity index (χ4n) is 4.71. The van der Waals surface area contributed by atoms with Crippen LogP contribution in [0, 0.1) is 0 Å². The van der Waals surface area contributed by atoms with Gasteiger partial charge in [-0.05, 0) is 72.6 Å². The highest BCUT2D eigenvalue weighted by molar-refractivity contribution is 6.31. The Morgan fingerprint density at radius 2 is 1.73 bits per heavy atom. The molecule has 0 aliphatic heterocycles. The molecule has 0 saturated carbocycles. The highest BCUT2D eigenvalue weighted by atomic mass is 35.5. The third kappa shape index (κ3) is 6.53. The zero-order valence-corrected chi connectivity index (χ0v) is 25.4. The van der Waals surface area contributed by atoms with Crippen LogP contribution in [0.2, 0.25) is 5.02 Å². The highest BCUT2D eigenvalue weighted by Gasteiger charge is 2.20. The van der Waals surface area contributed by atoms with Crippen LogP contribution in [0.5, 0.6) is 17.2 Å². The van der Waals surface area contributed by atoms with Gasteiger partial charge < -0.3 is 24.1 Å². The van der Waals surface area contributed by atoms with Crippen molar-refractivity contribution in [2.45, 2.75) is 6.92 Å². The molecule has 0 atom stereocenters. The Morgan fingerprint density at radius 3 is 2.45 bits per heavy atom. The lowest BCUT2D eigenvalue weighted by Gasteiger charge is -2.13. The molecular formula is C34H31ClN4O5. The van der Waals surface area contributed by atoms with E-state index in [0.29, 0.717) is 34.4 Å². The van der Waals surface area contributed by atoms with Crippen LogP contribution in [0.1, 0.15) is 33.3 Å². The van der Waals surface area contributed by atoms with Crippen molar-refractivity contribution in [3.8, 4) is 28.4 Å². The largest absolute Gasteiger partial charge is 0.496 e. The van der Waals surface area contributed by atoms with Gasteiger partial charge in [0.05, 0.1) is 19.9 Å². The normalized spacial score (nSPS) is 11.0. The number of fused-ring (bicyclic) bond motifs is 1. The molecule has 0 spiro atoms. The monoisotopic (exact) mass is 610 g/mol. The van der Waals surface area contributed by atoms with Crippen molar-refractivity contribution in [2.75, 3.05) is 32.7 Å². The number of amides is 1. The molecule has 0 unspecified atom stereocenters. The average molecular weight is 611 g/mol. The topological polar surface area (TPSA) is 105 Å². The Hall–Kier alpha value is -5.28. The number of hydrazone groups is 1. The van der Waals surface area contributed by atoms with E-state index in [0.717, 1.165) is 27.7 Å². The molecule has 1 aromatic heterocycles. The van der Waals surface area contributed by atoms with Gasteiger partial charge in [-0.25, -0.2) is 10.2 Å². The van der Waals surface area contributed by atoms with E-state index in [1.165, 1.54) is 19.4 Å². The van der Waals surface area contributed by atoms with Gasteiger partial charge in [-0.15, -0.1) is 0 Å². The van der Waals surface area contributed by atoms with Crippen molar-refractivity contribution >= 4 is 46.3 Å². The Labute approximate surface area is 260 Å². The van der Waals surface area contributed by atoms with Gasteiger partial charge in [0.25, 0.3) is 5.91 Å². The van der Waals surface area contributed by atoms with Gasteiger partial charge in [0.15, 0.2) is 11.5 Å². The molecule has 1 heterocycles. The SMILES string of the molecule is CCOc1cc(C=NNC(=O)c2[nH]c3ccc(N(C)C)cc3c2-c2ccccc2)ccc1OC(=O)c1cc(Cl)ccc1OC. The summed E-state index contributed by atoms with van der Waals surface area (Å²) in [6.45, 7) is 2.15. The van der Waals surface area contributed by atoms with Crippen molar-refractivity contribution in [2.24, 2.45) is 5.10 Å². The molecule has 0 radical (unpaired) electrons. The summed E-state index contributed by atoms with van der Waals surface area (Å²) in [5.74, 6) is -0.170. The third-order valence-corrected chi connectivity index (χ3v) is 7.05. The minimum atomic E-state index is -0.649. The summed E-state index contributed by atoms with van der Waals surface area (Å²) in [7, 11) is 5.41. The van der Waals surface area contributed by atoms with E-state index < -0.39 is 11.9 Å². The molecule has 5 rings (SSSR count). The number of aromatic amines is 1. The van der Waals surface area contributed by atoms with E-state index in [-0.39, 0.29) is 11.3 Å². The number of rotatable bonds is 10. The number of carbonyl (C=O) groups is 2. The van der Waals surface area contributed by atoms with Crippen LogP contribution < -0.4 is 24.5 Å². The lowest BCUT2D eigenvalue weighted by atomic mass is 10.0. The number of methoxy groups -OCH3 is 1. The second-order valence-corrected chi connectivity index (χ2v) is 10.4. The highest BCUT2D eigenvalue weighted by Crippen LogP contribution is 2.35. The number of aromatic nitrogens is 1. The first-order chi connectivity index (χ1) is 21.3. The number of benzene rings is 4. The average Bonchev–Trinajstić information content (AvgIpc) is 3.41. The zero-order valence-electron chi connectivity index (χ0n) is 24.7. The molecule has 10 heteroatoms. The molecule has 5 aromatic rings. The number of nitrogens with one attached hydrogen (secondary N) is 2. The summed E-state index contributed by atoms with van der Waals surface area (Å²) in [5.41, 5.74) is 7.38. The summed E-state index contributed by atoms with van der Waals surface area (Å²) in [4.78, 5) is 31.6. The van der Waals surface area contributed by atoms with Crippen molar-refractivity contribution in [1.29, 1.82) is 0 Å². The van der Waals surface area contributed by atoms with Crippen molar-refractivity contribution < 1.29 is 23.8 Å². The van der Waals surface area contributed by atoms with Gasteiger partial charge in [-0.3, -0.25) is 4.79 Å². The van der Waals surface area contributed by atoms with Crippen LogP contribution in [-0.2, 0) is 0 Å². The number of hydrogen-bond donors (Lipinski definition) is 2. The summed E-state index contributed by atoms with van der Waals surface area (Å²) >= 11 is 6.07. The smallest absolute Gasteiger partial charge is 0.347 e. The standard InChI is InChI=1S/C34H31ClN4O5/c1-5-43-30-17-21(11-15-29(30)44-34(41)26-18-23(35)12-16-28(26)42-4)20-36-38-33(40)32-31(22-9-7-6-8-10-22)25-19-24(39(2)3)13-14-27(25)37-32/h6-20,37H,5H2,1-4H3,(H,38,40). The van der Waals surface area contributed by atoms with E-state index in [1.807, 2.05) is 68.4 Å². The Balaban J connectivity index is 1.38. The maximum atomic E-state index is 13.4. The first-order valence-electron chi connectivity index (χ1n) is 13.8. The predicted octanol–water partition coefficient (Wildman–Crippen LogP) is 6.94. The molecule has 2 N–H and O–H groups in total. The van der Waals surface area contributed by atoms with E-state index in [9.17, 15) is 9.59 Å². The molecule has 0 aliphatic rings. The quantitative estimate of drug-likeness (QED) is 0.0768. The summed E-state index contributed by atoms with van der Waals surface area (Å²) in [6.07, 6.45) is 1.49. The number of carbonyl (C=O) groups excluding carboxylic acids is 2. The van der Waals surface area contributed by atoms with E-state index >= 15 is 0 Å². The number of esters is 1. The maximum Gasteiger partial charge on any atom is 0.347 e. The van der Waals surface area contributed by atoms with Crippen LogP contribution in [0.15, 0.2) is 90.0 Å². The fraction of sp³-hybridized carbons (Fsp3) is 0.147. The predicted molar refractivity (Wildman–Crippen MR) is 174 cm³/mol. The second-order valence-electron chi connectivity index (χ2n) is 9.94. The molecule has 44 heavy (non-hydrogen) atoms. The third-order valence-electron chi connectivity index (χ3n) is 6.82. The molecule has 1 amide bonds. The van der Waals surface area contributed by atoms with Crippen LogP contribution in [0.25, 0.3) is 22.0 Å². The number of H-pyrrole nitrogens is 1. The Kier molecular flexibility index (Phi) is 9.16. The summed E-state index contributed by atoms with van der Waals surface area (Å²) in [5, 5.41) is 5.50. The number of ether oxygens (including phenoxy) is 3. The molecule has 0 saturated heterocycles. The van der Waals surface area contributed by atoms with Crippen LogP contribution in [-0.4, -0.2) is 50.9 Å². The number of halogens is 1. The minimum absolute atomic E-state index is 0.181. The second kappa shape index (κ2) is 13.4. The lowest BCUT2D eigenvalue weighted by molar-refractivity contribution is 0.0724. The van der Waals surface area contributed by atoms with Crippen molar-refractivity contribution in [1.82, 2.24) is 10.4 Å². The van der Waals surface area contributed by atoms with Gasteiger partial charge in [0.2, 0.25) is 0 Å². The van der Waals surface area contributed by atoms with Crippen LogP contribution >= 0.6 is 11.6 Å². The van der Waals surface area contributed by atoms with Gasteiger partial charge in [0.1, 0.15) is 17.0 Å². The molecule has 224 valence electrons. The Bertz CT molecular complexity index is 1850. The first kappa shape index (κ1) is 30.2. The fourth-order valence-corrected chi connectivity index (χ4v) is 4.88. The molecule has 0 fully saturated rings. The van der Waals surface area contributed by atoms with Gasteiger partial charge >= 0.3 is 5.97 Å². The van der Waals surface area contributed by atoms with Crippen molar-refractivity contribution in [3.63, 3.8) is 0 Å². The van der Waals surface area contributed by atoms with Crippen molar-refractivity contribution in [3.05, 3.63) is 107 Å². The number of nitrogens with zero attached hydrogens (tertiary/aromatic N) is 2. The maximum absolute atomic E-state index is 13.4. The summed E-state index contributed by atoms with van der Waals surface area (Å²) < 4.78 is 16.6. The van der Waals surface area contributed by atoms with E-state index in [2.05, 4.69) is 21.6 Å². The van der Waals surface area contributed by atoms with E-state index in [1.54, 1.807) is 30.3 Å².